The van der Waals surface area contributed by atoms with E-state index in [0.717, 1.165) is 37.2 Å². The van der Waals surface area contributed by atoms with Crippen LogP contribution in [-0.4, -0.2) is 40.2 Å². The molecule has 2 atom stereocenters. The second kappa shape index (κ2) is 7.85. The van der Waals surface area contributed by atoms with Crippen LogP contribution in [0, 0.1) is 5.92 Å². The minimum Gasteiger partial charge on any atom is -0.338 e. The lowest BCUT2D eigenvalue weighted by Crippen LogP contribution is -2.30. The first-order valence-electron chi connectivity index (χ1n) is 10.2. The van der Waals surface area contributed by atoms with Crippen LogP contribution in [0.1, 0.15) is 65.6 Å². The Morgan fingerprint density at radius 2 is 1.89 bits per heavy atom. The lowest BCUT2D eigenvalue weighted by Gasteiger charge is -2.22. The van der Waals surface area contributed by atoms with E-state index < -0.39 is 0 Å². The van der Waals surface area contributed by atoms with Gasteiger partial charge < -0.3 is 10.6 Å². The van der Waals surface area contributed by atoms with Gasteiger partial charge in [-0.3, -0.25) is 9.48 Å². The van der Waals surface area contributed by atoms with Crippen molar-refractivity contribution in [1.29, 1.82) is 0 Å². The highest BCUT2D eigenvalue weighted by Crippen LogP contribution is 2.36. The van der Waals surface area contributed by atoms with Gasteiger partial charge in [0.1, 0.15) is 0 Å². The molecule has 0 bridgehead atoms. The van der Waals surface area contributed by atoms with Gasteiger partial charge >= 0.3 is 0 Å². The standard InChI is InChI=1S/C22H30N4O/c1-25-14-20(21(24-25)17-10-6-3-7-11-17)22(27)26-13-18(12-23)19(15-26)16-8-4-2-5-9-16/h2,4-5,8-9,14,17-19H,3,6-7,10-13,15,23H2,1H3/t18-,19+/m1/s1. The largest absolute Gasteiger partial charge is 0.338 e. The average Bonchev–Trinajstić information content (AvgIpc) is 3.32. The molecule has 2 aromatic rings. The lowest BCUT2D eigenvalue weighted by atomic mass is 9.85. The number of carbonyl (C=O) groups is 1. The number of hydrogen-bond donors (Lipinski definition) is 1. The van der Waals surface area contributed by atoms with Gasteiger partial charge in [0, 0.05) is 38.2 Å². The Kier molecular flexibility index (Phi) is 5.30. The predicted octanol–water partition coefficient (Wildman–Crippen LogP) is 3.28. The molecule has 5 nitrogen and oxygen atoms in total. The fourth-order valence-corrected chi connectivity index (χ4v) is 4.87. The molecule has 1 aromatic carbocycles. The van der Waals surface area contributed by atoms with Crippen molar-refractivity contribution in [1.82, 2.24) is 14.7 Å². The van der Waals surface area contributed by atoms with Gasteiger partial charge in [-0.2, -0.15) is 5.10 Å². The van der Waals surface area contributed by atoms with Gasteiger partial charge in [-0.15, -0.1) is 0 Å². The van der Waals surface area contributed by atoms with Crippen LogP contribution in [0.4, 0.5) is 0 Å². The van der Waals surface area contributed by atoms with Crippen molar-refractivity contribution >= 4 is 5.91 Å². The summed E-state index contributed by atoms with van der Waals surface area (Å²) in [5.41, 5.74) is 9.15. The fraction of sp³-hybridized carbons (Fsp3) is 0.545. The smallest absolute Gasteiger partial charge is 0.257 e. The molecule has 0 spiro atoms. The van der Waals surface area contributed by atoms with E-state index in [4.69, 9.17) is 5.73 Å². The van der Waals surface area contributed by atoms with Crippen molar-refractivity contribution < 1.29 is 4.79 Å². The van der Waals surface area contributed by atoms with E-state index in [2.05, 4.69) is 29.4 Å². The zero-order chi connectivity index (χ0) is 18.8. The number of nitrogens with zero attached hydrogens (tertiary/aromatic N) is 3. The molecular weight excluding hydrogens is 336 g/mol. The van der Waals surface area contributed by atoms with Gasteiger partial charge in [-0.25, -0.2) is 0 Å². The third kappa shape index (κ3) is 3.65. The second-order valence-corrected chi connectivity index (χ2v) is 8.16. The quantitative estimate of drug-likeness (QED) is 0.903. The Morgan fingerprint density at radius 1 is 1.15 bits per heavy atom. The molecule has 1 aliphatic carbocycles. The first-order chi connectivity index (χ1) is 13.2. The van der Waals surface area contributed by atoms with Crippen molar-refractivity contribution in [2.45, 2.75) is 43.9 Å². The molecule has 2 N–H and O–H groups in total. The Hall–Kier alpha value is -2.14. The van der Waals surface area contributed by atoms with E-state index in [1.807, 2.05) is 28.9 Å². The highest BCUT2D eigenvalue weighted by Gasteiger charge is 2.37. The molecule has 0 unspecified atom stereocenters. The Labute approximate surface area is 161 Å². The van der Waals surface area contributed by atoms with Gasteiger partial charge in [-0.1, -0.05) is 49.6 Å². The number of nitrogens with two attached hydrogens (primary N) is 1. The highest BCUT2D eigenvalue weighted by molar-refractivity contribution is 5.95. The van der Waals surface area contributed by atoms with Crippen LogP contribution in [0.2, 0.25) is 0 Å². The van der Waals surface area contributed by atoms with Crippen LogP contribution in [0.15, 0.2) is 36.5 Å². The van der Waals surface area contributed by atoms with Crippen LogP contribution in [-0.2, 0) is 7.05 Å². The summed E-state index contributed by atoms with van der Waals surface area (Å²) in [5, 5.41) is 4.69. The third-order valence-electron chi connectivity index (χ3n) is 6.34. The van der Waals surface area contributed by atoms with Crippen LogP contribution in [0.3, 0.4) is 0 Å². The maximum absolute atomic E-state index is 13.4. The molecule has 1 aliphatic heterocycles. The van der Waals surface area contributed by atoms with Gasteiger partial charge in [0.2, 0.25) is 0 Å². The molecule has 5 heteroatoms. The summed E-state index contributed by atoms with van der Waals surface area (Å²) < 4.78 is 1.81. The second-order valence-electron chi connectivity index (χ2n) is 8.16. The Bertz CT molecular complexity index is 779. The van der Waals surface area contributed by atoms with E-state index in [1.165, 1.54) is 24.8 Å². The van der Waals surface area contributed by atoms with Crippen molar-refractivity contribution in [2.24, 2.45) is 18.7 Å². The highest BCUT2D eigenvalue weighted by atomic mass is 16.2. The molecule has 1 saturated heterocycles. The lowest BCUT2D eigenvalue weighted by molar-refractivity contribution is 0.0784. The maximum Gasteiger partial charge on any atom is 0.257 e. The van der Waals surface area contributed by atoms with Gasteiger partial charge in [0.25, 0.3) is 5.91 Å². The van der Waals surface area contributed by atoms with Gasteiger partial charge in [0.15, 0.2) is 0 Å². The molecule has 2 fully saturated rings. The number of aryl methyl sites for hydroxylation is 1. The number of carbonyl (C=O) groups excluding carboxylic acids is 1. The fourth-order valence-electron chi connectivity index (χ4n) is 4.87. The van der Waals surface area contributed by atoms with E-state index in [-0.39, 0.29) is 5.91 Å². The number of hydrogen-bond acceptors (Lipinski definition) is 3. The molecule has 2 heterocycles. The number of rotatable bonds is 4. The Morgan fingerprint density at radius 3 is 2.59 bits per heavy atom. The van der Waals surface area contributed by atoms with Gasteiger partial charge in [0.05, 0.1) is 11.3 Å². The van der Waals surface area contributed by atoms with Gasteiger partial charge in [-0.05, 0) is 30.9 Å². The average molecular weight is 367 g/mol. The number of aromatic nitrogens is 2. The van der Waals surface area contributed by atoms with Crippen LogP contribution in [0.25, 0.3) is 0 Å². The monoisotopic (exact) mass is 366 g/mol. The summed E-state index contributed by atoms with van der Waals surface area (Å²) in [7, 11) is 1.92. The van der Waals surface area contributed by atoms with Crippen molar-refractivity contribution in [3.8, 4) is 0 Å². The number of amides is 1. The summed E-state index contributed by atoms with van der Waals surface area (Å²) in [4.78, 5) is 15.4. The Balaban J connectivity index is 1.57. The van der Waals surface area contributed by atoms with E-state index >= 15 is 0 Å². The third-order valence-corrected chi connectivity index (χ3v) is 6.34. The number of benzene rings is 1. The molecule has 4 rings (SSSR count). The number of likely N-dealkylation sites (tertiary alicyclic amines) is 1. The predicted molar refractivity (Wildman–Crippen MR) is 107 cm³/mol. The molecule has 27 heavy (non-hydrogen) atoms. The molecular formula is C22H30N4O. The minimum atomic E-state index is 0.126. The van der Waals surface area contributed by atoms with E-state index in [0.29, 0.717) is 24.3 Å². The summed E-state index contributed by atoms with van der Waals surface area (Å²) in [5.74, 6) is 1.18. The van der Waals surface area contributed by atoms with E-state index in [1.54, 1.807) is 0 Å². The first kappa shape index (κ1) is 18.2. The molecule has 144 valence electrons. The van der Waals surface area contributed by atoms with Crippen LogP contribution >= 0.6 is 0 Å². The minimum absolute atomic E-state index is 0.126. The maximum atomic E-state index is 13.4. The molecule has 2 aliphatic rings. The zero-order valence-corrected chi connectivity index (χ0v) is 16.2. The van der Waals surface area contributed by atoms with E-state index in [9.17, 15) is 4.79 Å². The molecule has 0 radical (unpaired) electrons. The SMILES string of the molecule is Cn1cc(C(=O)N2C[C@@H](CN)[C@H](c3ccccc3)C2)c(C2CCCCC2)n1. The van der Waals surface area contributed by atoms with Crippen LogP contribution < -0.4 is 5.73 Å². The van der Waals surface area contributed by atoms with Crippen molar-refractivity contribution in [2.75, 3.05) is 19.6 Å². The summed E-state index contributed by atoms with van der Waals surface area (Å²) in [6.07, 6.45) is 7.99. The molecule has 1 aromatic heterocycles. The summed E-state index contributed by atoms with van der Waals surface area (Å²) in [6, 6.07) is 10.5. The first-order valence-corrected chi connectivity index (χ1v) is 10.2. The molecule has 1 saturated carbocycles. The zero-order valence-electron chi connectivity index (χ0n) is 16.2. The van der Waals surface area contributed by atoms with Crippen molar-refractivity contribution in [3.05, 3.63) is 53.3 Å². The summed E-state index contributed by atoms with van der Waals surface area (Å²) in [6.45, 7) is 2.07. The topological polar surface area (TPSA) is 64.2 Å². The normalized spacial score (nSPS) is 23.7. The summed E-state index contributed by atoms with van der Waals surface area (Å²) >= 11 is 0. The van der Waals surface area contributed by atoms with Crippen molar-refractivity contribution in [3.63, 3.8) is 0 Å². The van der Waals surface area contributed by atoms with Crippen LogP contribution in [0.5, 0.6) is 0 Å². The molecule has 1 amide bonds.